The van der Waals surface area contributed by atoms with Crippen LogP contribution < -0.4 is 0 Å². The van der Waals surface area contributed by atoms with Crippen molar-refractivity contribution in [3.8, 4) is 0 Å². The highest BCUT2D eigenvalue weighted by molar-refractivity contribution is 5.69. The second kappa shape index (κ2) is 6.16. The minimum Gasteiger partial charge on any atom is -0.466 e. The van der Waals surface area contributed by atoms with E-state index < -0.39 is 0 Å². The van der Waals surface area contributed by atoms with Gasteiger partial charge in [-0.3, -0.25) is 4.79 Å². The number of methoxy groups -OCH3 is 1. The van der Waals surface area contributed by atoms with Crippen molar-refractivity contribution < 1.29 is 14.3 Å². The predicted molar refractivity (Wildman–Crippen MR) is 42.3 cm³/mol. The van der Waals surface area contributed by atoms with Crippen LogP contribution in [0.25, 0.3) is 0 Å². The zero-order valence-electron chi connectivity index (χ0n) is 7.42. The standard InChI is InChI=1S/C8H16O3/c1-4-11-8(9)5-7(2)6-10-3/h7H,4-6H2,1-3H3. The number of ether oxygens (including phenoxy) is 2. The normalized spacial score (nSPS) is 12.6. The fourth-order valence-electron chi connectivity index (χ4n) is 0.848. The maximum atomic E-state index is 10.9. The summed E-state index contributed by atoms with van der Waals surface area (Å²) in [4.78, 5) is 10.9. The molecule has 0 aromatic heterocycles. The van der Waals surface area contributed by atoms with Gasteiger partial charge in [-0.2, -0.15) is 0 Å². The summed E-state index contributed by atoms with van der Waals surface area (Å²) in [6.45, 7) is 4.83. The number of hydrogen-bond acceptors (Lipinski definition) is 3. The molecule has 66 valence electrons. The number of esters is 1. The molecule has 0 radical (unpaired) electrons. The van der Waals surface area contributed by atoms with Gasteiger partial charge in [0.15, 0.2) is 0 Å². The third-order valence-corrected chi connectivity index (χ3v) is 1.27. The molecule has 0 aliphatic carbocycles. The van der Waals surface area contributed by atoms with Crippen LogP contribution in [0.4, 0.5) is 0 Å². The van der Waals surface area contributed by atoms with Crippen molar-refractivity contribution in [1.82, 2.24) is 0 Å². The topological polar surface area (TPSA) is 35.5 Å². The smallest absolute Gasteiger partial charge is 0.306 e. The Morgan fingerprint density at radius 2 is 2.18 bits per heavy atom. The Kier molecular flexibility index (Phi) is 5.84. The van der Waals surface area contributed by atoms with Crippen LogP contribution in [0.1, 0.15) is 20.3 Å². The highest BCUT2D eigenvalue weighted by Gasteiger charge is 2.08. The van der Waals surface area contributed by atoms with Gasteiger partial charge in [-0.1, -0.05) is 6.92 Å². The Labute approximate surface area is 67.7 Å². The third kappa shape index (κ3) is 5.85. The van der Waals surface area contributed by atoms with Crippen LogP contribution in [0, 0.1) is 5.92 Å². The van der Waals surface area contributed by atoms with E-state index in [-0.39, 0.29) is 11.9 Å². The molecule has 0 aromatic rings. The molecule has 3 heteroatoms. The van der Waals surface area contributed by atoms with Crippen LogP contribution in [0.5, 0.6) is 0 Å². The van der Waals surface area contributed by atoms with Crippen molar-refractivity contribution >= 4 is 5.97 Å². The molecular weight excluding hydrogens is 144 g/mol. The van der Waals surface area contributed by atoms with E-state index in [1.807, 2.05) is 6.92 Å². The molecule has 0 aliphatic rings. The number of hydrogen-bond donors (Lipinski definition) is 0. The SMILES string of the molecule is CCOC(=O)CC(C)COC. The molecule has 0 saturated carbocycles. The van der Waals surface area contributed by atoms with Crippen LogP contribution in [-0.4, -0.2) is 26.3 Å². The summed E-state index contributed by atoms with van der Waals surface area (Å²) >= 11 is 0. The number of carbonyl (C=O) groups is 1. The first-order chi connectivity index (χ1) is 5.20. The second-order valence-corrected chi connectivity index (χ2v) is 2.57. The van der Waals surface area contributed by atoms with Crippen LogP contribution in [-0.2, 0) is 14.3 Å². The summed E-state index contributed by atoms with van der Waals surface area (Å²) in [5, 5.41) is 0. The van der Waals surface area contributed by atoms with E-state index >= 15 is 0 Å². The van der Waals surface area contributed by atoms with Gasteiger partial charge in [-0.15, -0.1) is 0 Å². The highest BCUT2D eigenvalue weighted by Crippen LogP contribution is 2.02. The summed E-state index contributed by atoms with van der Waals surface area (Å²) in [7, 11) is 1.63. The first kappa shape index (κ1) is 10.4. The zero-order chi connectivity index (χ0) is 8.69. The lowest BCUT2D eigenvalue weighted by atomic mass is 10.1. The third-order valence-electron chi connectivity index (χ3n) is 1.27. The van der Waals surface area contributed by atoms with Gasteiger partial charge >= 0.3 is 5.97 Å². The first-order valence-electron chi connectivity index (χ1n) is 3.85. The van der Waals surface area contributed by atoms with Gasteiger partial charge < -0.3 is 9.47 Å². The molecule has 0 aliphatic heterocycles. The minimum absolute atomic E-state index is 0.142. The van der Waals surface area contributed by atoms with E-state index in [1.54, 1.807) is 14.0 Å². The number of carbonyl (C=O) groups excluding carboxylic acids is 1. The molecule has 0 saturated heterocycles. The predicted octanol–water partition coefficient (Wildman–Crippen LogP) is 1.22. The molecule has 0 heterocycles. The van der Waals surface area contributed by atoms with E-state index in [2.05, 4.69) is 0 Å². The molecule has 1 atom stereocenters. The maximum absolute atomic E-state index is 10.9. The highest BCUT2D eigenvalue weighted by atomic mass is 16.5. The average Bonchev–Trinajstić information content (AvgIpc) is 1.87. The van der Waals surface area contributed by atoms with Gasteiger partial charge in [0.1, 0.15) is 0 Å². The van der Waals surface area contributed by atoms with Gasteiger partial charge in [-0.25, -0.2) is 0 Å². The van der Waals surface area contributed by atoms with E-state index in [1.165, 1.54) is 0 Å². The van der Waals surface area contributed by atoms with E-state index in [0.29, 0.717) is 19.6 Å². The molecule has 0 fully saturated rings. The average molecular weight is 160 g/mol. The Hall–Kier alpha value is -0.570. The molecule has 0 bridgehead atoms. The van der Waals surface area contributed by atoms with E-state index in [0.717, 1.165) is 0 Å². The van der Waals surface area contributed by atoms with E-state index in [9.17, 15) is 4.79 Å². The Balaban J connectivity index is 3.40. The van der Waals surface area contributed by atoms with Crippen molar-refractivity contribution in [2.24, 2.45) is 5.92 Å². The Bertz CT molecular complexity index is 112. The van der Waals surface area contributed by atoms with Crippen molar-refractivity contribution in [1.29, 1.82) is 0 Å². The molecule has 0 amide bonds. The summed E-state index contributed by atoms with van der Waals surface area (Å²) in [5.41, 5.74) is 0. The molecule has 0 spiro atoms. The molecule has 0 rings (SSSR count). The van der Waals surface area contributed by atoms with Crippen LogP contribution in [0.15, 0.2) is 0 Å². The fraction of sp³-hybridized carbons (Fsp3) is 0.875. The van der Waals surface area contributed by atoms with Crippen LogP contribution in [0.3, 0.4) is 0 Å². The maximum Gasteiger partial charge on any atom is 0.306 e. The van der Waals surface area contributed by atoms with Crippen LogP contribution in [0.2, 0.25) is 0 Å². The molecule has 0 N–H and O–H groups in total. The largest absolute Gasteiger partial charge is 0.466 e. The summed E-state index contributed by atoms with van der Waals surface area (Å²) in [5.74, 6) is 0.107. The summed E-state index contributed by atoms with van der Waals surface area (Å²) in [6, 6.07) is 0. The Morgan fingerprint density at radius 3 is 2.64 bits per heavy atom. The molecule has 1 unspecified atom stereocenters. The molecular formula is C8H16O3. The van der Waals surface area contributed by atoms with E-state index in [4.69, 9.17) is 9.47 Å². The van der Waals surface area contributed by atoms with Crippen molar-refractivity contribution in [3.05, 3.63) is 0 Å². The lowest BCUT2D eigenvalue weighted by molar-refractivity contribution is -0.144. The Morgan fingerprint density at radius 1 is 1.55 bits per heavy atom. The first-order valence-corrected chi connectivity index (χ1v) is 3.85. The van der Waals surface area contributed by atoms with Gasteiger partial charge in [0.25, 0.3) is 0 Å². The monoisotopic (exact) mass is 160 g/mol. The van der Waals surface area contributed by atoms with Gasteiger partial charge in [-0.05, 0) is 12.8 Å². The lowest BCUT2D eigenvalue weighted by Gasteiger charge is -2.08. The quantitative estimate of drug-likeness (QED) is 0.567. The number of rotatable bonds is 5. The second-order valence-electron chi connectivity index (χ2n) is 2.57. The lowest BCUT2D eigenvalue weighted by Crippen LogP contribution is -2.12. The molecule has 11 heavy (non-hydrogen) atoms. The molecule has 3 nitrogen and oxygen atoms in total. The summed E-state index contributed by atoms with van der Waals surface area (Å²) < 4.78 is 9.64. The van der Waals surface area contributed by atoms with Crippen LogP contribution >= 0.6 is 0 Å². The van der Waals surface area contributed by atoms with Crippen molar-refractivity contribution in [2.45, 2.75) is 20.3 Å². The summed E-state index contributed by atoms with van der Waals surface area (Å²) in [6.07, 6.45) is 0.446. The van der Waals surface area contributed by atoms with Gasteiger partial charge in [0, 0.05) is 13.7 Å². The zero-order valence-corrected chi connectivity index (χ0v) is 7.42. The van der Waals surface area contributed by atoms with Crippen molar-refractivity contribution in [3.63, 3.8) is 0 Å². The molecule has 0 aromatic carbocycles. The minimum atomic E-state index is -0.142. The van der Waals surface area contributed by atoms with Crippen molar-refractivity contribution in [2.75, 3.05) is 20.3 Å². The van der Waals surface area contributed by atoms with Gasteiger partial charge in [0.05, 0.1) is 13.0 Å². The fourth-order valence-corrected chi connectivity index (χ4v) is 0.848. The van der Waals surface area contributed by atoms with Gasteiger partial charge in [0.2, 0.25) is 0 Å².